The summed E-state index contributed by atoms with van der Waals surface area (Å²) in [6.07, 6.45) is 3.66. The fraction of sp³-hybridized carbons (Fsp3) is 0.333. The summed E-state index contributed by atoms with van der Waals surface area (Å²) in [4.78, 5) is 27.0. The molecule has 5 nitrogen and oxygen atoms in total. The summed E-state index contributed by atoms with van der Waals surface area (Å²) in [6.45, 7) is 1.10. The average molecular weight is 308 g/mol. The van der Waals surface area contributed by atoms with E-state index in [1.807, 2.05) is 0 Å². The van der Waals surface area contributed by atoms with Crippen molar-refractivity contribution < 1.29 is 18.7 Å². The van der Waals surface area contributed by atoms with E-state index < -0.39 is 28.6 Å². The van der Waals surface area contributed by atoms with Crippen LogP contribution in [0.5, 0.6) is 0 Å². The van der Waals surface area contributed by atoms with Gasteiger partial charge in [-0.2, -0.15) is 0 Å². The van der Waals surface area contributed by atoms with Gasteiger partial charge in [0.1, 0.15) is 17.1 Å². The maximum Gasteiger partial charge on any atom is 0.341 e. The third-order valence-electron chi connectivity index (χ3n) is 3.95. The van der Waals surface area contributed by atoms with Gasteiger partial charge >= 0.3 is 5.97 Å². The summed E-state index contributed by atoms with van der Waals surface area (Å²) < 4.78 is 28.9. The van der Waals surface area contributed by atoms with Crippen molar-refractivity contribution in [2.45, 2.75) is 19.3 Å². The molecular formula is C15H14F2N2O3. The van der Waals surface area contributed by atoms with Crippen molar-refractivity contribution in [3.8, 4) is 0 Å². The molecule has 0 saturated carbocycles. The molecule has 1 aliphatic heterocycles. The summed E-state index contributed by atoms with van der Waals surface area (Å²) in [5.74, 6) is -3.14. The van der Waals surface area contributed by atoms with E-state index in [-0.39, 0.29) is 16.6 Å². The molecule has 0 unspecified atom stereocenters. The minimum atomic E-state index is -1.44. The number of nitrogens with one attached hydrogen (secondary N) is 1. The molecule has 0 amide bonds. The van der Waals surface area contributed by atoms with Gasteiger partial charge in [-0.3, -0.25) is 4.79 Å². The van der Waals surface area contributed by atoms with Gasteiger partial charge in [-0.25, -0.2) is 13.6 Å². The highest BCUT2D eigenvalue weighted by molar-refractivity contribution is 5.93. The molecule has 0 bridgehead atoms. The summed E-state index contributed by atoms with van der Waals surface area (Å²) >= 11 is 0. The van der Waals surface area contributed by atoms with Gasteiger partial charge in [-0.15, -0.1) is 0 Å². The largest absolute Gasteiger partial charge is 0.477 e. The number of aromatic amines is 1. The van der Waals surface area contributed by atoms with E-state index in [0.717, 1.165) is 31.5 Å². The number of carbonyl (C=O) groups is 1. The zero-order chi connectivity index (χ0) is 15.9. The van der Waals surface area contributed by atoms with Crippen molar-refractivity contribution in [2.24, 2.45) is 0 Å². The predicted molar refractivity (Wildman–Crippen MR) is 77.5 cm³/mol. The molecule has 116 valence electrons. The topological polar surface area (TPSA) is 73.4 Å². The van der Waals surface area contributed by atoms with Crippen LogP contribution in [0.25, 0.3) is 10.9 Å². The zero-order valence-electron chi connectivity index (χ0n) is 11.7. The number of halogens is 2. The Morgan fingerprint density at radius 2 is 1.91 bits per heavy atom. The number of rotatable bonds is 2. The molecule has 2 heterocycles. The highest BCUT2D eigenvalue weighted by Gasteiger charge is 2.23. The molecule has 1 fully saturated rings. The summed E-state index contributed by atoms with van der Waals surface area (Å²) in [7, 11) is 0. The van der Waals surface area contributed by atoms with Crippen molar-refractivity contribution in [1.82, 2.24) is 4.98 Å². The van der Waals surface area contributed by atoms with Crippen LogP contribution in [-0.2, 0) is 0 Å². The molecule has 1 aromatic carbocycles. The first-order valence-electron chi connectivity index (χ1n) is 7.02. The molecule has 22 heavy (non-hydrogen) atoms. The normalized spacial score (nSPS) is 15.3. The smallest absolute Gasteiger partial charge is 0.341 e. The van der Waals surface area contributed by atoms with Crippen molar-refractivity contribution in [2.75, 3.05) is 18.0 Å². The number of hydrogen-bond acceptors (Lipinski definition) is 3. The van der Waals surface area contributed by atoms with E-state index in [4.69, 9.17) is 5.11 Å². The lowest BCUT2D eigenvalue weighted by atomic mass is 10.1. The maximum absolute atomic E-state index is 14.6. The number of anilines is 1. The first-order chi connectivity index (χ1) is 10.5. The molecule has 7 heteroatoms. The molecule has 1 aliphatic rings. The number of aromatic nitrogens is 1. The zero-order valence-corrected chi connectivity index (χ0v) is 11.7. The number of H-pyrrole nitrogens is 1. The summed E-state index contributed by atoms with van der Waals surface area (Å²) in [5, 5.41) is 8.61. The van der Waals surface area contributed by atoms with E-state index >= 15 is 0 Å². The number of fused-ring (bicyclic) bond motifs is 1. The molecule has 0 atom stereocenters. The molecule has 3 rings (SSSR count). The molecular weight excluding hydrogens is 294 g/mol. The van der Waals surface area contributed by atoms with E-state index in [1.165, 1.54) is 0 Å². The monoisotopic (exact) mass is 308 g/mol. The third-order valence-corrected chi connectivity index (χ3v) is 3.95. The standard InChI is InChI=1S/C15H14F2N2O3/c16-10-6-8-12(18-7-9(14(8)20)15(21)22)11(17)13(10)19-4-2-1-3-5-19/h6-7H,1-5H2,(H,18,20)(H,21,22). The predicted octanol–water partition coefficient (Wildman–Crippen LogP) is 2.49. The second-order valence-electron chi connectivity index (χ2n) is 5.33. The minimum Gasteiger partial charge on any atom is -0.477 e. The molecule has 0 radical (unpaired) electrons. The Balaban J connectivity index is 2.23. The van der Waals surface area contributed by atoms with Gasteiger partial charge in [-0.1, -0.05) is 0 Å². The van der Waals surface area contributed by atoms with Crippen molar-refractivity contribution >= 4 is 22.6 Å². The van der Waals surface area contributed by atoms with Crippen molar-refractivity contribution in [3.63, 3.8) is 0 Å². The van der Waals surface area contributed by atoms with Gasteiger partial charge in [0.25, 0.3) is 0 Å². The quantitative estimate of drug-likeness (QED) is 0.894. The SMILES string of the molecule is O=C(O)c1c[nH]c2c(F)c(N3CCCCC3)c(F)cc2c1=O. The lowest BCUT2D eigenvalue weighted by Gasteiger charge is -2.29. The Labute approximate surface area is 124 Å². The van der Waals surface area contributed by atoms with Crippen molar-refractivity contribution in [1.29, 1.82) is 0 Å². The third kappa shape index (κ3) is 2.22. The van der Waals surface area contributed by atoms with E-state index in [0.29, 0.717) is 13.1 Å². The number of benzene rings is 1. The number of carboxylic acid groups (broad SMARTS) is 1. The Kier molecular flexibility index (Phi) is 3.56. The first kappa shape index (κ1) is 14.5. The Morgan fingerprint density at radius 3 is 2.55 bits per heavy atom. The van der Waals surface area contributed by atoms with Gasteiger partial charge in [0.2, 0.25) is 5.43 Å². The van der Waals surface area contributed by atoms with Gasteiger partial charge in [-0.05, 0) is 25.3 Å². The lowest BCUT2D eigenvalue weighted by Crippen LogP contribution is -2.31. The number of aromatic carboxylic acids is 1. The fourth-order valence-electron chi connectivity index (χ4n) is 2.85. The van der Waals surface area contributed by atoms with Crippen LogP contribution in [0.1, 0.15) is 29.6 Å². The fourth-order valence-corrected chi connectivity index (χ4v) is 2.85. The van der Waals surface area contributed by atoms with E-state index in [9.17, 15) is 18.4 Å². The number of nitrogens with zero attached hydrogens (tertiary/aromatic N) is 1. The van der Waals surface area contributed by atoms with Gasteiger partial charge < -0.3 is 15.0 Å². The Morgan fingerprint density at radius 1 is 1.23 bits per heavy atom. The number of hydrogen-bond donors (Lipinski definition) is 2. The van der Waals surface area contributed by atoms with Crippen LogP contribution in [0.3, 0.4) is 0 Å². The minimum absolute atomic E-state index is 0.161. The second kappa shape index (κ2) is 5.40. The first-order valence-corrected chi connectivity index (χ1v) is 7.02. The summed E-state index contributed by atoms with van der Waals surface area (Å²) in [6, 6.07) is 0.910. The van der Waals surface area contributed by atoms with E-state index in [2.05, 4.69) is 4.98 Å². The Hall–Kier alpha value is -2.44. The highest BCUT2D eigenvalue weighted by atomic mass is 19.1. The van der Waals surface area contributed by atoms with Crippen LogP contribution in [0.4, 0.5) is 14.5 Å². The van der Waals surface area contributed by atoms with Crippen LogP contribution in [0.2, 0.25) is 0 Å². The van der Waals surface area contributed by atoms with Crippen molar-refractivity contribution in [3.05, 3.63) is 39.7 Å². The second-order valence-corrected chi connectivity index (χ2v) is 5.33. The van der Waals surface area contributed by atoms with E-state index in [1.54, 1.807) is 4.90 Å². The van der Waals surface area contributed by atoms with Crippen LogP contribution < -0.4 is 10.3 Å². The van der Waals surface area contributed by atoms with Crippen LogP contribution in [0.15, 0.2) is 17.1 Å². The molecule has 1 aromatic heterocycles. The Bertz CT molecular complexity index is 811. The van der Waals surface area contributed by atoms with Crippen LogP contribution >= 0.6 is 0 Å². The van der Waals surface area contributed by atoms with Gasteiger partial charge in [0.15, 0.2) is 5.82 Å². The molecule has 0 spiro atoms. The molecule has 0 aliphatic carbocycles. The highest BCUT2D eigenvalue weighted by Crippen LogP contribution is 2.30. The average Bonchev–Trinajstić information content (AvgIpc) is 2.49. The molecule has 1 saturated heterocycles. The summed E-state index contributed by atoms with van der Waals surface area (Å²) in [5.41, 5.74) is -1.77. The number of carboxylic acids is 1. The van der Waals surface area contributed by atoms with Crippen LogP contribution in [0, 0.1) is 11.6 Å². The number of pyridine rings is 1. The van der Waals surface area contributed by atoms with Gasteiger partial charge in [0.05, 0.1) is 10.9 Å². The molecule has 2 N–H and O–H groups in total. The van der Waals surface area contributed by atoms with Gasteiger partial charge in [0, 0.05) is 19.3 Å². The number of piperidine rings is 1. The lowest BCUT2D eigenvalue weighted by molar-refractivity contribution is 0.0695. The molecule has 2 aromatic rings. The maximum atomic E-state index is 14.6. The van der Waals surface area contributed by atoms with Crippen LogP contribution in [-0.4, -0.2) is 29.1 Å².